The highest BCUT2D eigenvalue weighted by atomic mass is 14.9. The van der Waals surface area contributed by atoms with Gasteiger partial charge in [0.25, 0.3) is 0 Å². The second-order valence-corrected chi connectivity index (χ2v) is 3.60. The molecule has 12 heavy (non-hydrogen) atoms. The maximum absolute atomic E-state index is 3.39. The standard InChI is InChI=1S/C11H15N/c1-9-2-4-10(5-3-9)11-6-7-12-8-11/h2-5,11-12H,6-8H2,1H3/t11-/m0/s1. The van der Waals surface area contributed by atoms with Crippen LogP contribution in [0.3, 0.4) is 0 Å². The monoisotopic (exact) mass is 161 g/mol. The van der Waals surface area contributed by atoms with Crippen molar-refractivity contribution in [1.82, 2.24) is 5.32 Å². The smallest absolute Gasteiger partial charge is 0.00206 e. The minimum Gasteiger partial charge on any atom is -0.316 e. The van der Waals surface area contributed by atoms with E-state index >= 15 is 0 Å². The van der Waals surface area contributed by atoms with E-state index in [2.05, 4.69) is 36.5 Å². The SMILES string of the molecule is Cc1ccc([C@H]2CCNC2)cc1. The number of hydrogen-bond acceptors (Lipinski definition) is 1. The molecule has 1 saturated heterocycles. The van der Waals surface area contributed by atoms with Crippen LogP contribution in [0.15, 0.2) is 24.3 Å². The average molecular weight is 161 g/mol. The van der Waals surface area contributed by atoms with Crippen LogP contribution < -0.4 is 5.32 Å². The molecule has 1 heterocycles. The molecule has 0 radical (unpaired) electrons. The van der Waals surface area contributed by atoms with Crippen LogP contribution in [-0.4, -0.2) is 13.1 Å². The summed E-state index contributed by atoms with van der Waals surface area (Å²) in [6, 6.07) is 8.92. The Hall–Kier alpha value is -0.820. The number of nitrogens with one attached hydrogen (secondary N) is 1. The van der Waals surface area contributed by atoms with Crippen molar-refractivity contribution in [2.75, 3.05) is 13.1 Å². The summed E-state index contributed by atoms with van der Waals surface area (Å²) in [6.45, 7) is 4.47. The fraction of sp³-hybridized carbons (Fsp3) is 0.455. The van der Waals surface area contributed by atoms with Crippen molar-refractivity contribution in [1.29, 1.82) is 0 Å². The summed E-state index contributed by atoms with van der Waals surface area (Å²) < 4.78 is 0. The highest BCUT2D eigenvalue weighted by Crippen LogP contribution is 2.21. The Balaban J connectivity index is 2.17. The first-order valence-corrected chi connectivity index (χ1v) is 4.63. The van der Waals surface area contributed by atoms with Gasteiger partial charge in [0.1, 0.15) is 0 Å². The number of rotatable bonds is 1. The lowest BCUT2D eigenvalue weighted by molar-refractivity contribution is 0.763. The zero-order chi connectivity index (χ0) is 8.39. The summed E-state index contributed by atoms with van der Waals surface area (Å²) in [5, 5.41) is 3.39. The molecule has 1 aliphatic heterocycles. The largest absolute Gasteiger partial charge is 0.316 e. The van der Waals surface area contributed by atoms with Crippen molar-refractivity contribution in [2.24, 2.45) is 0 Å². The fourth-order valence-corrected chi connectivity index (χ4v) is 1.78. The highest BCUT2D eigenvalue weighted by molar-refractivity contribution is 5.25. The second kappa shape index (κ2) is 3.28. The predicted molar refractivity (Wildman–Crippen MR) is 51.4 cm³/mol. The third-order valence-corrected chi connectivity index (χ3v) is 2.61. The molecule has 1 atom stereocenters. The first-order chi connectivity index (χ1) is 5.86. The fourth-order valence-electron chi connectivity index (χ4n) is 1.78. The van der Waals surface area contributed by atoms with Gasteiger partial charge in [-0.15, -0.1) is 0 Å². The molecule has 0 bridgehead atoms. The van der Waals surface area contributed by atoms with E-state index in [1.54, 1.807) is 0 Å². The molecule has 1 aliphatic rings. The minimum absolute atomic E-state index is 0.755. The molecule has 1 aromatic rings. The van der Waals surface area contributed by atoms with Crippen LogP contribution in [0.5, 0.6) is 0 Å². The van der Waals surface area contributed by atoms with Gasteiger partial charge in [-0.05, 0) is 31.4 Å². The third-order valence-electron chi connectivity index (χ3n) is 2.61. The van der Waals surface area contributed by atoms with Gasteiger partial charge in [-0.3, -0.25) is 0 Å². The molecule has 0 saturated carbocycles. The van der Waals surface area contributed by atoms with Crippen LogP contribution in [0.1, 0.15) is 23.5 Å². The van der Waals surface area contributed by atoms with E-state index in [9.17, 15) is 0 Å². The summed E-state index contributed by atoms with van der Waals surface area (Å²) in [5.41, 5.74) is 2.84. The lowest BCUT2D eigenvalue weighted by atomic mass is 9.98. The lowest BCUT2D eigenvalue weighted by Crippen LogP contribution is -2.07. The van der Waals surface area contributed by atoms with E-state index in [0.29, 0.717) is 0 Å². The highest BCUT2D eigenvalue weighted by Gasteiger charge is 2.15. The molecule has 2 rings (SSSR count). The van der Waals surface area contributed by atoms with Gasteiger partial charge in [0.15, 0.2) is 0 Å². The summed E-state index contributed by atoms with van der Waals surface area (Å²) in [7, 11) is 0. The summed E-state index contributed by atoms with van der Waals surface area (Å²) in [5.74, 6) is 0.755. The van der Waals surface area contributed by atoms with Crippen LogP contribution >= 0.6 is 0 Å². The van der Waals surface area contributed by atoms with Crippen LogP contribution in [0.4, 0.5) is 0 Å². The van der Waals surface area contributed by atoms with E-state index in [0.717, 1.165) is 12.5 Å². The molecule has 1 aromatic carbocycles. The maximum atomic E-state index is 3.39. The molecule has 1 N–H and O–H groups in total. The van der Waals surface area contributed by atoms with E-state index in [-0.39, 0.29) is 0 Å². The Kier molecular flexibility index (Phi) is 2.13. The van der Waals surface area contributed by atoms with Crippen LogP contribution in [0.25, 0.3) is 0 Å². The Bertz CT molecular complexity index is 244. The van der Waals surface area contributed by atoms with E-state index in [1.807, 2.05) is 0 Å². The Labute approximate surface area is 73.8 Å². The Morgan fingerprint density at radius 3 is 2.58 bits per heavy atom. The lowest BCUT2D eigenvalue weighted by Gasteiger charge is -2.07. The number of hydrogen-bond donors (Lipinski definition) is 1. The van der Waals surface area contributed by atoms with E-state index in [1.165, 1.54) is 24.1 Å². The Morgan fingerprint density at radius 2 is 2.00 bits per heavy atom. The number of benzene rings is 1. The topological polar surface area (TPSA) is 12.0 Å². The molecule has 0 aliphatic carbocycles. The van der Waals surface area contributed by atoms with Crippen molar-refractivity contribution in [3.05, 3.63) is 35.4 Å². The minimum atomic E-state index is 0.755. The predicted octanol–water partition coefficient (Wildman–Crippen LogP) is 2.07. The van der Waals surface area contributed by atoms with Gasteiger partial charge in [0, 0.05) is 6.54 Å². The van der Waals surface area contributed by atoms with Crippen molar-refractivity contribution in [3.8, 4) is 0 Å². The first kappa shape index (κ1) is 7.81. The zero-order valence-corrected chi connectivity index (χ0v) is 7.51. The van der Waals surface area contributed by atoms with Gasteiger partial charge in [0.05, 0.1) is 0 Å². The van der Waals surface area contributed by atoms with Crippen LogP contribution in [-0.2, 0) is 0 Å². The molecule has 1 fully saturated rings. The molecule has 0 aromatic heterocycles. The third kappa shape index (κ3) is 1.51. The molecule has 0 spiro atoms. The van der Waals surface area contributed by atoms with Crippen LogP contribution in [0.2, 0.25) is 0 Å². The summed E-state index contributed by atoms with van der Waals surface area (Å²) in [4.78, 5) is 0. The molecule has 0 amide bonds. The molecule has 1 heteroatoms. The van der Waals surface area contributed by atoms with Crippen molar-refractivity contribution < 1.29 is 0 Å². The number of aryl methyl sites for hydroxylation is 1. The second-order valence-electron chi connectivity index (χ2n) is 3.60. The molecule has 1 nitrogen and oxygen atoms in total. The average Bonchev–Trinajstić information content (AvgIpc) is 2.58. The van der Waals surface area contributed by atoms with Gasteiger partial charge in [-0.2, -0.15) is 0 Å². The van der Waals surface area contributed by atoms with Crippen molar-refractivity contribution >= 4 is 0 Å². The van der Waals surface area contributed by atoms with E-state index in [4.69, 9.17) is 0 Å². The van der Waals surface area contributed by atoms with Crippen molar-refractivity contribution in [2.45, 2.75) is 19.3 Å². The molecule has 0 unspecified atom stereocenters. The first-order valence-electron chi connectivity index (χ1n) is 4.63. The molecular formula is C11H15N. The van der Waals surface area contributed by atoms with Gasteiger partial charge in [-0.25, -0.2) is 0 Å². The van der Waals surface area contributed by atoms with Gasteiger partial charge < -0.3 is 5.32 Å². The summed E-state index contributed by atoms with van der Waals surface area (Å²) >= 11 is 0. The Morgan fingerprint density at radius 1 is 1.25 bits per heavy atom. The van der Waals surface area contributed by atoms with Crippen LogP contribution in [0, 0.1) is 6.92 Å². The maximum Gasteiger partial charge on any atom is 0.00206 e. The quantitative estimate of drug-likeness (QED) is 0.665. The van der Waals surface area contributed by atoms with Gasteiger partial charge in [-0.1, -0.05) is 29.8 Å². The molecule has 64 valence electrons. The van der Waals surface area contributed by atoms with Gasteiger partial charge >= 0.3 is 0 Å². The molecular weight excluding hydrogens is 146 g/mol. The van der Waals surface area contributed by atoms with E-state index < -0.39 is 0 Å². The summed E-state index contributed by atoms with van der Waals surface area (Å²) in [6.07, 6.45) is 1.29. The van der Waals surface area contributed by atoms with Crippen molar-refractivity contribution in [3.63, 3.8) is 0 Å². The zero-order valence-electron chi connectivity index (χ0n) is 7.51. The normalized spacial score (nSPS) is 22.9. The van der Waals surface area contributed by atoms with Gasteiger partial charge in [0.2, 0.25) is 0 Å².